The molecule has 6 nitrogen and oxygen atoms in total. The molecule has 4 aromatic rings. The summed E-state index contributed by atoms with van der Waals surface area (Å²) in [5, 5.41) is 13.2. The topological polar surface area (TPSA) is 88.5 Å². The van der Waals surface area contributed by atoms with Gasteiger partial charge < -0.3 is 15.2 Å². The van der Waals surface area contributed by atoms with Crippen LogP contribution in [0.3, 0.4) is 0 Å². The van der Waals surface area contributed by atoms with Crippen LogP contribution < -0.4 is 5.32 Å². The Morgan fingerprint density at radius 3 is 2.32 bits per heavy atom. The van der Waals surface area contributed by atoms with Gasteiger partial charge in [-0.05, 0) is 52.8 Å². The molecule has 1 atom stereocenters. The first-order valence-corrected chi connectivity index (χ1v) is 11.3. The largest absolute Gasteiger partial charge is 0.480 e. The van der Waals surface area contributed by atoms with Crippen molar-refractivity contribution in [2.24, 2.45) is 0 Å². The summed E-state index contributed by atoms with van der Waals surface area (Å²) in [7, 11) is 0. The van der Waals surface area contributed by atoms with E-state index >= 15 is 0 Å². The summed E-state index contributed by atoms with van der Waals surface area (Å²) < 4.78 is 5.52. The molecule has 0 spiro atoms. The Morgan fingerprint density at radius 1 is 0.912 bits per heavy atom. The fourth-order valence-electron chi connectivity index (χ4n) is 4.72. The van der Waals surface area contributed by atoms with E-state index in [9.17, 15) is 14.7 Å². The molecule has 1 aromatic heterocycles. The van der Waals surface area contributed by atoms with Crippen molar-refractivity contribution in [3.05, 3.63) is 102 Å². The van der Waals surface area contributed by atoms with Crippen molar-refractivity contribution in [2.45, 2.75) is 24.8 Å². The van der Waals surface area contributed by atoms with Crippen LogP contribution in [0.2, 0.25) is 0 Å². The summed E-state index contributed by atoms with van der Waals surface area (Å²) in [5.74, 6) is -1.17. The minimum absolute atomic E-state index is 0.0791. The van der Waals surface area contributed by atoms with Gasteiger partial charge in [0.15, 0.2) is 0 Å². The summed E-state index contributed by atoms with van der Waals surface area (Å²) in [4.78, 5) is 28.7. The molecule has 1 amide bonds. The van der Waals surface area contributed by atoms with Gasteiger partial charge in [0.1, 0.15) is 12.6 Å². The lowest BCUT2D eigenvalue weighted by molar-refractivity contribution is -0.139. The van der Waals surface area contributed by atoms with Gasteiger partial charge in [-0.3, -0.25) is 4.98 Å². The molecule has 1 aliphatic rings. The lowest BCUT2D eigenvalue weighted by atomic mass is 9.98. The zero-order valence-electron chi connectivity index (χ0n) is 18.5. The third-order valence-corrected chi connectivity index (χ3v) is 6.37. The lowest BCUT2D eigenvalue weighted by Gasteiger charge is -2.18. The van der Waals surface area contributed by atoms with Crippen LogP contribution in [0.15, 0.2) is 85.1 Å². The summed E-state index contributed by atoms with van der Waals surface area (Å²) in [5.41, 5.74) is 6.34. The molecule has 1 aliphatic carbocycles. The van der Waals surface area contributed by atoms with Crippen LogP contribution in [-0.4, -0.2) is 34.8 Å². The highest BCUT2D eigenvalue weighted by molar-refractivity contribution is 5.83. The molecular formula is C28H24N2O4. The van der Waals surface area contributed by atoms with Gasteiger partial charge in [0, 0.05) is 17.5 Å². The Labute approximate surface area is 197 Å². The van der Waals surface area contributed by atoms with Crippen LogP contribution in [0.4, 0.5) is 4.79 Å². The van der Waals surface area contributed by atoms with E-state index in [4.69, 9.17) is 4.74 Å². The zero-order valence-corrected chi connectivity index (χ0v) is 18.5. The molecule has 1 heterocycles. The summed E-state index contributed by atoms with van der Waals surface area (Å²) in [6.45, 7) is 0.140. The van der Waals surface area contributed by atoms with Crippen LogP contribution in [0.5, 0.6) is 0 Å². The Hall–Kier alpha value is -4.19. The second kappa shape index (κ2) is 9.35. The minimum Gasteiger partial charge on any atom is -0.480 e. The predicted molar refractivity (Wildman–Crippen MR) is 130 cm³/mol. The molecule has 0 fully saturated rings. The Bertz CT molecular complexity index is 1320. The van der Waals surface area contributed by atoms with E-state index in [-0.39, 0.29) is 18.9 Å². The lowest BCUT2D eigenvalue weighted by Crippen LogP contribution is -2.41. The van der Waals surface area contributed by atoms with Gasteiger partial charge in [0.2, 0.25) is 0 Å². The molecule has 0 bridgehead atoms. The Balaban J connectivity index is 1.24. The third kappa shape index (κ3) is 4.22. The van der Waals surface area contributed by atoms with Crippen LogP contribution in [0.1, 0.15) is 29.0 Å². The van der Waals surface area contributed by atoms with Crippen molar-refractivity contribution in [1.82, 2.24) is 10.3 Å². The number of pyridine rings is 1. The number of carbonyl (C=O) groups is 2. The second-order valence-electron chi connectivity index (χ2n) is 8.39. The van der Waals surface area contributed by atoms with Gasteiger partial charge in [-0.1, -0.05) is 66.7 Å². The molecule has 0 unspecified atom stereocenters. The number of alkyl carbamates (subject to hydrolysis) is 1. The maximum absolute atomic E-state index is 12.6. The molecule has 0 radical (unpaired) electrons. The van der Waals surface area contributed by atoms with Crippen LogP contribution in [0.25, 0.3) is 22.0 Å². The summed E-state index contributed by atoms with van der Waals surface area (Å²) >= 11 is 0. The normalized spacial score (nSPS) is 13.2. The third-order valence-electron chi connectivity index (χ3n) is 6.37. The number of amides is 1. The Morgan fingerprint density at radius 2 is 1.62 bits per heavy atom. The predicted octanol–water partition coefficient (Wildman–Crippen LogP) is 5.16. The van der Waals surface area contributed by atoms with Gasteiger partial charge in [-0.15, -0.1) is 0 Å². The maximum Gasteiger partial charge on any atom is 0.407 e. The number of ether oxygens (including phenoxy) is 1. The number of aliphatic carboxylic acids is 1. The molecule has 2 N–H and O–H groups in total. The average molecular weight is 453 g/mol. The smallest absolute Gasteiger partial charge is 0.407 e. The van der Waals surface area contributed by atoms with Crippen molar-refractivity contribution in [1.29, 1.82) is 0 Å². The first-order valence-electron chi connectivity index (χ1n) is 11.3. The molecule has 5 rings (SSSR count). The highest BCUT2D eigenvalue weighted by atomic mass is 16.5. The number of rotatable bonds is 7. The number of hydrogen-bond donors (Lipinski definition) is 2. The van der Waals surface area contributed by atoms with Crippen molar-refractivity contribution in [2.75, 3.05) is 6.61 Å². The van der Waals surface area contributed by atoms with Gasteiger partial charge in [-0.2, -0.15) is 0 Å². The van der Waals surface area contributed by atoms with E-state index in [1.807, 2.05) is 66.7 Å². The summed E-state index contributed by atoms with van der Waals surface area (Å²) in [6.07, 6.45) is 1.73. The van der Waals surface area contributed by atoms with E-state index in [1.54, 1.807) is 6.20 Å². The van der Waals surface area contributed by atoms with E-state index in [2.05, 4.69) is 22.4 Å². The second-order valence-corrected chi connectivity index (χ2v) is 8.39. The number of hydrogen-bond acceptors (Lipinski definition) is 4. The van der Waals surface area contributed by atoms with Gasteiger partial charge in [0.25, 0.3) is 0 Å². The van der Waals surface area contributed by atoms with Crippen LogP contribution >= 0.6 is 0 Å². The van der Waals surface area contributed by atoms with E-state index in [1.165, 1.54) is 0 Å². The van der Waals surface area contributed by atoms with Crippen molar-refractivity contribution in [3.63, 3.8) is 0 Å². The average Bonchev–Trinajstić information content (AvgIpc) is 3.19. The number of fused-ring (bicyclic) bond motifs is 4. The number of benzene rings is 3. The molecule has 0 saturated heterocycles. The van der Waals surface area contributed by atoms with Gasteiger partial charge in [-0.25, -0.2) is 9.59 Å². The maximum atomic E-state index is 12.6. The van der Waals surface area contributed by atoms with Crippen molar-refractivity contribution >= 4 is 23.0 Å². The first-order chi connectivity index (χ1) is 16.6. The number of aromatic nitrogens is 1. The number of carboxylic acids is 1. The number of nitrogens with zero attached hydrogens (tertiary/aromatic N) is 1. The molecule has 6 heteroatoms. The zero-order chi connectivity index (χ0) is 23.5. The highest BCUT2D eigenvalue weighted by Crippen LogP contribution is 2.44. The molecular weight excluding hydrogens is 428 g/mol. The molecule has 170 valence electrons. The van der Waals surface area contributed by atoms with Gasteiger partial charge >= 0.3 is 12.1 Å². The number of nitrogens with one attached hydrogen (secondary N) is 1. The quantitative estimate of drug-likeness (QED) is 0.404. The minimum atomic E-state index is -1.09. The fraction of sp³-hybridized carbons (Fsp3) is 0.179. The first kappa shape index (κ1) is 21.6. The monoisotopic (exact) mass is 452 g/mol. The van der Waals surface area contributed by atoms with Gasteiger partial charge in [0.05, 0.1) is 5.52 Å². The van der Waals surface area contributed by atoms with E-state index in [0.717, 1.165) is 38.7 Å². The van der Waals surface area contributed by atoms with Crippen LogP contribution in [0, 0.1) is 0 Å². The summed E-state index contributed by atoms with van der Waals surface area (Å²) in [6, 6.07) is 24.7. The Kier molecular flexibility index (Phi) is 5.95. The van der Waals surface area contributed by atoms with Crippen molar-refractivity contribution in [3.8, 4) is 11.1 Å². The molecule has 34 heavy (non-hydrogen) atoms. The standard InChI is InChI=1S/C28H24N2O4/c31-27(32)26(15-14-18-7-5-13-25-19(18)12-6-16-29-25)30-28(33)34-17-24-22-10-3-1-8-20(22)21-9-2-4-11-23(21)24/h1-13,16,24,26H,14-15,17H2,(H,30,33)(H,31,32)/t26-/m0/s1. The molecule has 0 aliphatic heterocycles. The SMILES string of the molecule is O=C(N[C@@H](CCc1cccc2ncccc12)C(=O)O)OCC1c2ccccc2-c2ccccc21. The molecule has 0 saturated carbocycles. The van der Waals surface area contributed by atoms with E-state index in [0.29, 0.717) is 6.42 Å². The number of carboxylic acid groups (broad SMARTS) is 1. The van der Waals surface area contributed by atoms with E-state index < -0.39 is 18.1 Å². The molecule has 3 aromatic carbocycles. The number of aryl methyl sites for hydroxylation is 1. The highest BCUT2D eigenvalue weighted by Gasteiger charge is 2.29. The number of carbonyl (C=O) groups excluding carboxylic acids is 1. The van der Waals surface area contributed by atoms with Crippen LogP contribution in [-0.2, 0) is 16.0 Å². The van der Waals surface area contributed by atoms with Crippen molar-refractivity contribution < 1.29 is 19.4 Å². The fourth-order valence-corrected chi connectivity index (χ4v) is 4.72.